The number of carbonyl (C=O) groups excluding carboxylic acids is 2. The number of anilines is 3. The fraction of sp³-hybridized carbons (Fsp3) is 0.391. The van der Waals surface area contributed by atoms with Crippen molar-refractivity contribution in [2.75, 3.05) is 49.6 Å². The van der Waals surface area contributed by atoms with E-state index in [2.05, 4.69) is 15.6 Å². The highest BCUT2D eigenvalue weighted by molar-refractivity contribution is 5.98. The van der Waals surface area contributed by atoms with Crippen molar-refractivity contribution < 1.29 is 24.2 Å². The van der Waals surface area contributed by atoms with Gasteiger partial charge >= 0.3 is 6.09 Å². The summed E-state index contributed by atoms with van der Waals surface area (Å²) < 4.78 is 5.30. The van der Waals surface area contributed by atoms with Gasteiger partial charge in [0.1, 0.15) is 0 Å². The summed E-state index contributed by atoms with van der Waals surface area (Å²) in [5, 5.41) is 14.7. The lowest BCUT2D eigenvalue weighted by Gasteiger charge is -2.34. The minimum absolute atomic E-state index is 0.0500. The van der Waals surface area contributed by atoms with Crippen LogP contribution < -0.4 is 21.3 Å². The lowest BCUT2D eigenvalue weighted by molar-refractivity contribution is 0.0303. The van der Waals surface area contributed by atoms with Gasteiger partial charge in [0.2, 0.25) is 0 Å². The van der Waals surface area contributed by atoms with Crippen molar-refractivity contribution in [1.82, 2.24) is 15.2 Å². The van der Waals surface area contributed by atoms with Gasteiger partial charge in [0.25, 0.3) is 11.8 Å². The second kappa shape index (κ2) is 10.4. The summed E-state index contributed by atoms with van der Waals surface area (Å²) in [7, 11) is 0. The minimum atomic E-state index is -1.05. The molecule has 1 aromatic heterocycles. The molecule has 4 rings (SSSR count). The first-order valence-corrected chi connectivity index (χ1v) is 11.2. The third kappa shape index (κ3) is 5.54. The molecule has 2 aliphatic rings. The molecule has 11 nitrogen and oxygen atoms in total. The Hall–Kier alpha value is -3.86. The van der Waals surface area contributed by atoms with Gasteiger partial charge in [-0.1, -0.05) is 0 Å². The van der Waals surface area contributed by atoms with Gasteiger partial charge in [-0.05, 0) is 43.2 Å². The zero-order valence-electron chi connectivity index (χ0n) is 18.7. The average molecular weight is 469 g/mol. The highest BCUT2D eigenvalue weighted by Crippen LogP contribution is 2.27. The number of aromatic nitrogens is 1. The number of carboxylic acid groups (broad SMARTS) is 1. The molecule has 1 aromatic carbocycles. The Morgan fingerprint density at radius 2 is 1.85 bits per heavy atom. The molecule has 3 amide bonds. The number of pyridine rings is 1. The van der Waals surface area contributed by atoms with Crippen molar-refractivity contribution in [1.29, 1.82) is 0 Å². The third-order valence-corrected chi connectivity index (χ3v) is 5.93. The molecular weight excluding hydrogens is 440 g/mol. The SMILES string of the molecule is NC(=O)c1ncc(N2CCCC(NC(=O)O)C2)cc1Nc1ccc(C(=O)N2CCOCC2)cc1. The van der Waals surface area contributed by atoms with Gasteiger partial charge < -0.3 is 36.0 Å². The number of primary amides is 1. The molecule has 5 N–H and O–H groups in total. The maximum atomic E-state index is 12.7. The number of nitrogens with one attached hydrogen (secondary N) is 2. The van der Waals surface area contributed by atoms with Gasteiger partial charge in [0, 0.05) is 43.5 Å². The molecule has 0 saturated carbocycles. The molecule has 2 aliphatic heterocycles. The fourth-order valence-corrected chi connectivity index (χ4v) is 4.22. The lowest BCUT2D eigenvalue weighted by atomic mass is 10.1. The average Bonchev–Trinajstić information content (AvgIpc) is 2.84. The number of hydrogen-bond acceptors (Lipinski definition) is 7. The highest BCUT2D eigenvalue weighted by Gasteiger charge is 2.23. The predicted octanol–water partition coefficient (Wildman–Crippen LogP) is 1.63. The number of amides is 3. The Kier molecular flexibility index (Phi) is 7.12. The maximum absolute atomic E-state index is 12.7. The van der Waals surface area contributed by atoms with E-state index in [0.29, 0.717) is 49.8 Å². The van der Waals surface area contributed by atoms with Gasteiger partial charge in [-0.2, -0.15) is 0 Å². The van der Waals surface area contributed by atoms with Crippen LogP contribution in [0, 0.1) is 0 Å². The molecule has 0 aliphatic carbocycles. The summed E-state index contributed by atoms with van der Waals surface area (Å²) in [5.74, 6) is -0.719. The van der Waals surface area contributed by atoms with E-state index in [1.807, 2.05) is 4.90 Å². The summed E-state index contributed by atoms with van der Waals surface area (Å²) in [5.41, 5.74) is 8.05. The van der Waals surface area contributed by atoms with E-state index in [9.17, 15) is 14.4 Å². The van der Waals surface area contributed by atoms with E-state index < -0.39 is 12.0 Å². The molecule has 0 bridgehead atoms. The maximum Gasteiger partial charge on any atom is 0.404 e. The van der Waals surface area contributed by atoms with E-state index in [-0.39, 0.29) is 17.6 Å². The summed E-state index contributed by atoms with van der Waals surface area (Å²) in [6.07, 6.45) is 2.10. The van der Waals surface area contributed by atoms with Gasteiger partial charge in [0.05, 0.1) is 30.8 Å². The van der Waals surface area contributed by atoms with Crippen molar-refractivity contribution >= 4 is 35.0 Å². The number of morpholine rings is 1. The van der Waals surface area contributed by atoms with Crippen LogP contribution in [-0.4, -0.2) is 78.3 Å². The van der Waals surface area contributed by atoms with Gasteiger partial charge in [-0.25, -0.2) is 9.78 Å². The monoisotopic (exact) mass is 468 g/mol. The molecule has 0 spiro atoms. The topological polar surface area (TPSA) is 150 Å². The summed E-state index contributed by atoms with van der Waals surface area (Å²) >= 11 is 0. The van der Waals surface area contributed by atoms with Crippen molar-refractivity contribution in [3.63, 3.8) is 0 Å². The molecule has 2 fully saturated rings. The van der Waals surface area contributed by atoms with E-state index in [0.717, 1.165) is 25.1 Å². The molecule has 2 saturated heterocycles. The number of benzene rings is 1. The fourth-order valence-electron chi connectivity index (χ4n) is 4.22. The smallest absolute Gasteiger partial charge is 0.404 e. The predicted molar refractivity (Wildman–Crippen MR) is 126 cm³/mol. The first kappa shape index (κ1) is 23.3. The molecular formula is C23H28N6O5. The molecule has 1 atom stereocenters. The Morgan fingerprint density at radius 3 is 2.53 bits per heavy atom. The van der Waals surface area contributed by atoms with Crippen LogP contribution in [0.4, 0.5) is 21.9 Å². The Balaban J connectivity index is 1.50. The molecule has 180 valence electrons. The van der Waals surface area contributed by atoms with Crippen molar-refractivity contribution in [2.24, 2.45) is 5.73 Å². The molecule has 2 aromatic rings. The zero-order valence-corrected chi connectivity index (χ0v) is 18.7. The molecule has 11 heteroatoms. The van der Waals surface area contributed by atoms with Crippen molar-refractivity contribution in [3.8, 4) is 0 Å². The molecule has 34 heavy (non-hydrogen) atoms. The molecule has 1 unspecified atom stereocenters. The van der Waals surface area contributed by atoms with Crippen molar-refractivity contribution in [2.45, 2.75) is 18.9 Å². The Morgan fingerprint density at radius 1 is 1.12 bits per heavy atom. The van der Waals surface area contributed by atoms with E-state index >= 15 is 0 Å². The van der Waals surface area contributed by atoms with Crippen LogP contribution in [0.5, 0.6) is 0 Å². The number of carbonyl (C=O) groups is 3. The summed E-state index contributed by atoms with van der Waals surface area (Å²) in [6.45, 7) is 3.45. The number of piperidine rings is 1. The first-order chi connectivity index (χ1) is 16.4. The number of rotatable bonds is 6. The van der Waals surface area contributed by atoms with Gasteiger partial charge in [-0.3, -0.25) is 9.59 Å². The largest absolute Gasteiger partial charge is 0.465 e. The number of nitrogens with zero attached hydrogens (tertiary/aromatic N) is 3. The van der Waals surface area contributed by atoms with Gasteiger partial charge in [0.15, 0.2) is 5.69 Å². The second-order valence-electron chi connectivity index (χ2n) is 8.30. The van der Waals surface area contributed by atoms with E-state index in [4.69, 9.17) is 15.6 Å². The standard InChI is InChI=1S/C23H28N6O5/c24-21(30)20-19(12-18(13-25-20)29-7-1-2-17(14-29)27-23(32)33)26-16-5-3-15(4-6-16)22(31)28-8-10-34-11-9-28/h3-6,12-13,17,26-27H,1-2,7-11,14H2,(H2,24,30)(H,32,33). The minimum Gasteiger partial charge on any atom is -0.465 e. The second-order valence-corrected chi connectivity index (χ2v) is 8.30. The zero-order chi connectivity index (χ0) is 24.1. The van der Waals surface area contributed by atoms with Gasteiger partial charge in [-0.15, -0.1) is 0 Å². The van der Waals surface area contributed by atoms with Crippen LogP contribution >= 0.6 is 0 Å². The quantitative estimate of drug-likeness (QED) is 0.500. The lowest BCUT2D eigenvalue weighted by Crippen LogP contribution is -2.47. The van der Waals surface area contributed by atoms with Crippen LogP contribution in [0.15, 0.2) is 36.5 Å². The first-order valence-electron chi connectivity index (χ1n) is 11.2. The molecule has 3 heterocycles. The van der Waals surface area contributed by atoms with Crippen LogP contribution in [0.25, 0.3) is 0 Å². The summed E-state index contributed by atoms with van der Waals surface area (Å²) in [6, 6.07) is 8.58. The van der Waals surface area contributed by atoms with Crippen LogP contribution in [-0.2, 0) is 4.74 Å². The normalized spacial score (nSPS) is 18.3. The Labute approximate surface area is 196 Å². The van der Waals surface area contributed by atoms with E-state index in [1.54, 1.807) is 41.4 Å². The van der Waals surface area contributed by atoms with Crippen LogP contribution in [0.2, 0.25) is 0 Å². The number of hydrogen-bond donors (Lipinski definition) is 4. The number of ether oxygens (including phenoxy) is 1. The van der Waals surface area contributed by atoms with Crippen LogP contribution in [0.1, 0.15) is 33.7 Å². The third-order valence-electron chi connectivity index (χ3n) is 5.93. The van der Waals surface area contributed by atoms with Crippen LogP contribution in [0.3, 0.4) is 0 Å². The number of nitrogens with two attached hydrogens (primary N) is 1. The van der Waals surface area contributed by atoms with E-state index in [1.165, 1.54) is 0 Å². The molecule has 0 radical (unpaired) electrons. The summed E-state index contributed by atoms with van der Waals surface area (Å²) in [4.78, 5) is 43.7. The van der Waals surface area contributed by atoms with Crippen molar-refractivity contribution in [3.05, 3.63) is 47.8 Å². The highest BCUT2D eigenvalue weighted by atomic mass is 16.5. The Bertz CT molecular complexity index is 1050.